The summed E-state index contributed by atoms with van der Waals surface area (Å²) in [5.74, 6) is 1.47. The van der Waals surface area contributed by atoms with Crippen molar-refractivity contribution in [3.8, 4) is 11.5 Å². The molecule has 0 atom stereocenters. The number of benzene rings is 2. The summed E-state index contributed by atoms with van der Waals surface area (Å²) in [6.07, 6.45) is 0. The number of ether oxygens (including phenoxy) is 2. The van der Waals surface area contributed by atoms with Crippen LogP contribution < -0.4 is 9.47 Å². The largest absolute Gasteiger partial charge is 0.496 e. The normalized spacial score (nSPS) is 10.3. The summed E-state index contributed by atoms with van der Waals surface area (Å²) in [5.41, 5.74) is 1.72. The molecule has 0 aliphatic rings. The van der Waals surface area contributed by atoms with E-state index in [-0.39, 0.29) is 6.61 Å². The first-order chi connectivity index (χ1) is 9.24. The third kappa shape index (κ3) is 3.49. The van der Waals surface area contributed by atoms with E-state index in [0.29, 0.717) is 12.4 Å². The fourth-order valence-corrected chi connectivity index (χ4v) is 2.20. The maximum atomic E-state index is 9.32. The van der Waals surface area contributed by atoms with Gasteiger partial charge in [-0.2, -0.15) is 0 Å². The van der Waals surface area contributed by atoms with E-state index in [1.807, 2.05) is 42.5 Å². The highest BCUT2D eigenvalue weighted by Crippen LogP contribution is 2.25. The Hall–Kier alpha value is -1.52. The first kappa shape index (κ1) is 13.9. The molecule has 2 aromatic rings. The molecule has 1 N–H and O–H groups in total. The molecule has 2 rings (SSSR count). The Balaban J connectivity index is 2.14. The number of rotatable bonds is 5. The number of hydrogen-bond donors (Lipinski definition) is 1. The van der Waals surface area contributed by atoms with Crippen LogP contribution in [0.2, 0.25) is 0 Å². The molecule has 0 aliphatic heterocycles. The molecule has 4 heteroatoms. The molecule has 0 spiro atoms. The van der Waals surface area contributed by atoms with Crippen molar-refractivity contribution in [1.29, 1.82) is 0 Å². The monoisotopic (exact) mass is 322 g/mol. The fraction of sp³-hybridized carbons (Fsp3) is 0.200. The summed E-state index contributed by atoms with van der Waals surface area (Å²) in [5, 5.41) is 9.32. The van der Waals surface area contributed by atoms with Crippen LogP contribution in [0.4, 0.5) is 0 Å². The van der Waals surface area contributed by atoms with Crippen molar-refractivity contribution < 1.29 is 14.6 Å². The van der Waals surface area contributed by atoms with Crippen LogP contribution in [0.15, 0.2) is 46.9 Å². The zero-order valence-corrected chi connectivity index (χ0v) is 12.2. The second kappa shape index (κ2) is 6.59. The number of aliphatic hydroxyl groups is 1. The summed E-state index contributed by atoms with van der Waals surface area (Å²) in [4.78, 5) is 0. The first-order valence-corrected chi connectivity index (χ1v) is 6.68. The summed E-state index contributed by atoms with van der Waals surface area (Å²) >= 11 is 3.37. The van der Waals surface area contributed by atoms with Crippen molar-refractivity contribution in [3.05, 3.63) is 58.1 Å². The minimum absolute atomic E-state index is 0.0549. The highest BCUT2D eigenvalue weighted by atomic mass is 79.9. The van der Waals surface area contributed by atoms with Crippen molar-refractivity contribution in [3.63, 3.8) is 0 Å². The molecule has 0 aromatic heterocycles. The maximum absolute atomic E-state index is 9.32. The Kier molecular flexibility index (Phi) is 4.82. The van der Waals surface area contributed by atoms with Crippen LogP contribution >= 0.6 is 15.9 Å². The second-order valence-electron chi connectivity index (χ2n) is 4.01. The van der Waals surface area contributed by atoms with Gasteiger partial charge in [0.1, 0.15) is 18.1 Å². The number of hydrogen-bond acceptors (Lipinski definition) is 3. The SMILES string of the molecule is COc1ccccc1COc1ccc(Br)cc1CO. The smallest absolute Gasteiger partial charge is 0.125 e. The van der Waals surface area contributed by atoms with Crippen LogP contribution in [0.3, 0.4) is 0 Å². The van der Waals surface area contributed by atoms with Gasteiger partial charge in [0, 0.05) is 15.6 Å². The van der Waals surface area contributed by atoms with E-state index in [1.54, 1.807) is 7.11 Å². The molecule has 2 aromatic carbocycles. The van der Waals surface area contributed by atoms with E-state index in [1.165, 1.54) is 0 Å². The van der Waals surface area contributed by atoms with Gasteiger partial charge in [0.25, 0.3) is 0 Å². The Bertz CT molecular complexity index is 555. The molecule has 0 bridgehead atoms. The molecule has 19 heavy (non-hydrogen) atoms. The van der Waals surface area contributed by atoms with E-state index >= 15 is 0 Å². The Morgan fingerprint density at radius 2 is 1.84 bits per heavy atom. The molecular formula is C15H15BrO3. The highest BCUT2D eigenvalue weighted by Gasteiger charge is 2.06. The maximum Gasteiger partial charge on any atom is 0.125 e. The number of halogens is 1. The zero-order valence-electron chi connectivity index (χ0n) is 10.6. The van der Waals surface area contributed by atoms with Gasteiger partial charge in [-0.1, -0.05) is 34.1 Å². The molecule has 0 saturated heterocycles. The lowest BCUT2D eigenvalue weighted by atomic mass is 10.2. The van der Waals surface area contributed by atoms with Crippen molar-refractivity contribution in [2.45, 2.75) is 13.2 Å². The Morgan fingerprint density at radius 1 is 1.05 bits per heavy atom. The summed E-state index contributed by atoms with van der Waals surface area (Å²) in [6.45, 7) is 0.347. The van der Waals surface area contributed by atoms with E-state index in [9.17, 15) is 5.11 Å². The van der Waals surface area contributed by atoms with Gasteiger partial charge in [0.15, 0.2) is 0 Å². The van der Waals surface area contributed by atoms with Gasteiger partial charge in [0.2, 0.25) is 0 Å². The molecule has 0 saturated carbocycles. The van der Waals surface area contributed by atoms with E-state index in [2.05, 4.69) is 15.9 Å². The molecule has 0 amide bonds. The highest BCUT2D eigenvalue weighted by molar-refractivity contribution is 9.10. The second-order valence-corrected chi connectivity index (χ2v) is 4.93. The van der Waals surface area contributed by atoms with E-state index in [0.717, 1.165) is 21.3 Å². The summed E-state index contributed by atoms with van der Waals surface area (Å²) in [6, 6.07) is 13.3. The topological polar surface area (TPSA) is 38.7 Å². The average molecular weight is 323 g/mol. The van der Waals surface area contributed by atoms with E-state index in [4.69, 9.17) is 9.47 Å². The number of methoxy groups -OCH3 is 1. The van der Waals surface area contributed by atoms with Crippen LogP contribution in [0.25, 0.3) is 0 Å². The lowest BCUT2D eigenvalue weighted by Crippen LogP contribution is -2.00. The van der Waals surface area contributed by atoms with Gasteiger partial charge < -0.3 is 14.6 Å². The molecule has 0 radical (unpaired) electrons. The lowest BCUT2D eigenvalue weighted by Gasteiger charge is -2.12. The van der Waals surface area contributed by atoms with Crippen LogP contribution in [0.5, 0.6) is 11.5 Å². The third-order valence-electron chi connectivity index (χ3n) is 2.77. The molecular weight excluding hydrogens is 308 g/mol. The number of aliphatic hydroxyl groups excluding tert-OH is 1. The molecule has 3 nitrogen and oxygen atoms in total. The zero-order chi connectivity index (χ0) is 13.7. The predicted molar refractivity (Wildman–Crippen MR) is 77.4 cm³/mol. The Morgan fingerprint density at radius 3 is 2.58 bits per heavy atom. The van der Waals surface area contributed by atoms with Gasteiger partial charge in [-0.15, -0.1) is 0 Å². The van der Waals surface area contributed by atoms with E-state index < -0.39 is 0 Å². The van der Waals surface area contributed by atoms with Gasteiger partial charge in [0.05, 0.1) is 13.7 Å². The van der Waals surface area contributed by atoms with Crippen molar-refractivity contribution >= 4 is 15.9 Å². The minimum Gasteiger partial charge on any atom is -0.496 e. The summed E-state index contributed by atoms with van der Waals surface area (Å²) in [7, 11) is 1.64. The molecule has 0 aliphatic carbocycles. The standard InChI is InChI=1S/C15H15BrO3/c1-18-14-5-3-2-4-11(14)10-19-15-7-6-13(16)8-12(15)9-17/h2-8,17H,9-10H2,1H3. The van der Waals surface area contributed by atoms with Crippen LogP contribution in [0, 0.1) is 0 Å². The average Bonchev–Trinajstić information content (AvgIpc) is 2.46. The fourth-order valence-electron chi connectivity index (χ4n) is 1.79. The Labute approximate surface area is 120 Å². The molecule has 0 fully saturated rings. The van der Waals surface area contributed by atoms with Crippen molar-refractivity contribution in [2.24, 2.45) is 0 Å². The van der Waals surface area contributed by atoms with Gasteiger partial charge in [-0.05, 0) is 24.3 Å². The molecule has 0 heterocycles. The van der Waals surface area contributed by atoms with Gasteiger partial charge >= 0.3 is 0 Å². The number of para-hydroxylation sites is 1. The van der Waals surface area contributed by atoms with Gasteiger partial charge in [-0.3, -0.25) is 0 Å². The van der Waals surface area contributed by atoms with Crippen molar-refractivity contribution in [1.82, 2.24) is 0 Å². The van der Waals surface area contributed by atoms with Crippen molar-refractivity contribution in [2.75, 3.05) is 7.11 Å². The minimum atomic E-state index is -0.0549. The quantitative estimate of drug-likeness (QED) is 0.915. The third-order valence-corrected chi connectivity index (χ3v) is 3.26. The predicted octanol–water partition coefficient (Wildman–Crippen LogP) is 3.53. The van der Waals surface area contributed by atoms with Crippen LogP contribution in [-0.2, 0) is 13.2 Å². The lowest BCUT2D eigenvalue weighted by molar-refractivity contribution is 0.257. The molecule has 100 valence electrons. The van der Waals surface area contributed by atoms with Crippen LogP contribution in [-0.4, -0.2) is 12.2 Å². The molecule has 0 unspecified atom stereocenters. The van der Waals surface area contributed by atoms with Crippen LogP contribution in [0.1, 0.15) is 11.1 Å². The van der Waals surface area contributed by atoms with Gasteiger partial charge in [-0.25, -0.2) is 0 Å². The first-order valence-electron chi connectivity index (χ1n) is 5.88. The summed E-state index contributed by atoms with van der Waals surface area (Å²) < 4.78 is 11.9.